The van der Waals surface area contributed by atoms with Crippen molar-refractivity contribution in [1.29, 1.82) is 0 Å². The summed E-state index contributed by atoms with van der Waals surface area (Å²) < 4.78 is 0. The van der Waals surface area contributed by atoms with Crippen molar-refractivity contribution in [2.75, 3.05) is 51.3 Å². The second-order valence-electron chi connectivity index (χ2n) is 5.45. The Bertz CT molecular complexity index is 389. The summed E-state index contributed by atoms with van der Waals surface area (Å²) in [6, 6.07) is 8.26. The third kappa shape index (κ3) is 6.69. The predicted molar refractivity (Wildman–Crippen MR) is 87.9 cm³/mol. The van der Waals surface area contributed by atoms with Crippen LogP contribution >= 0.6 is 0 Å². The van der Waals surface area contributed by atoms with Gasteiger partial charge in [-0.15, -0.1) is 4.99 Å². The zero-order valence-corrected chi connectivity index (χ0v) is 12.9. The van der Waals surface area contributed by atoms with Gasteiger partial charge in [-0.2, -0.15) is 0 Å². The van der Waals surface area contributed by atoms with Crippen molar-refractivity contribution in [2.24, 2.45) is 0 Å². The topological polar surface area (TPSA) is 89.6 Å². The summed E-state index contributed by atoms with van der Waals surface area (Å²) in [4.78, 5) is 3.91. The first-order valence-electron chi connectivity index (χ1n) is 7.89. The summed E-state index contributed by atoms with van der Waals surface area (Å²) in [5.74, 6) is 0. The Balaban J connectivity index is 1.83. The average molecular weight is 309 g/mol. The molecule has 0 aliphatic carbocycles. The molecule has 1 aliphatic rings. The molecule has 1 unspecified atom stereocenters. The Morgan fingerprint density at radius 3 is 2.27 bits per heavy atom. The Morgan fingerprint density at radius 1 is 0.955 bits per heavy atom. The smallest absolute Gasteiger partial charge is 0.0634 e. The van der Waals surface area contributed by atoms with Gasteiger partial charge in [0.15, 0.2) is 0 Å². The van der Waals surface area contributed by atoms with Crippen LogP contribution < -0.4 is 26.7 Å². The van der Waals surface area contributed by atoms with E-state index in [2.05, 4.69) is 31.7 Å². The van der Waals surface area contributed by atoms with Crippen LogP contribution in [0.15, 0.2) is 24.3 Å². The highest BCUT2D eigenvalue weighted by Gasteiger charge is 2.09. The van der Waals surface area contributed by atoms with Gasteiger partial charge in [0.05, 0.1) is 5.69 Å². The van der Waals surface area contributed by atoms with E-state index in [1.54, 1.807) is 0 Å². The molecule has 0 aromatic heterocycles. The van der Waals surface area contributed by atoms with Gasteiger partial charge >= 0.3 is 0 Å². The van der Waals surface area contributed by atoms with Crippen LogP contribution in [0.3, 0.4) is 0 Å². The molecule has 1 aromatic carbocycles. The molecule has 1 fully saturated rings. The second kappa shape index (κ2) is 10.5. The lowest BCUT2D eigenvalue weighted by Gasteiger charge is -2.21. The van der Waals surface area contributed by atoms with Gasteiger partial charge in [0.25, 0.3) is 0 Å². The molecule has 7 nitrogen and oxygen atoms in total. The van der Waals surface area contributed by atoms with Gasteiger partial charge in [0, 0.05) is 51.9 Å². The molecule has 0 bridgehead atoms. The summed E-state index contributed by atoms with van der Waals surface area (Å²) in [5.41, 5.74) is 4.38. The maximum Gasteiger partial charge on any atom is 0.0634 e. The zero-order chi connectivity index (χ0) is 15.5. The minimum absolute atomic E-state index is 0.397. The maximum absolute atomic E-state index is 8.36. The Labute approximate surface area is 131 Å². The van der Waals surface area contributed by atoms with Crippen LogP contribution in [0, 0.1) is 0 Å². The van der Waals surface area contributed by atoms with Crippen LogP contribution in [0.1, 0.15) is 5.56 Å². The Hall–Kier alpha value is -1.22. The Morgan fingerprint density at radius 2 is 1.59 bits per heavy atom. The van der Waals surface area contributed by atoms with Gasteiger partial charge in [0.2, 0.25) is 0 Å². The van der Waals surface area contributed by atoms with E-state index in [1.807, 2.05) is 24.3 Å². The minimum Gasteiger partial charge on any atom is -0.314 e. The first-order valence-corrected chi connectivity index (χ1v) is 7.89. The largest absolute Gasteiger partial charge is 0.314 e. The molecule has 0 amide bonds. The van der Waals surface area contributed by atoms with E-state index < -0.39 is 0 Å². The summed E-state index contributed by atoms with van der Waals surface area (Å²) in [5, 5.41) is 22.3. The maximum atomic E-state index is 8.36. The van der Waals surface area contributed by atoms with Crippen molar-refractivity contribution in [3.05, 3.63) is 29.8 Å². The predicted octanol–water partition coefficient (Wildman–Crippen LogP) is -0.214. The van der Waals surface area contributed by atoms with Crippen molar-refractivity contribution >= 4 is 5.69 Å². The molecule has 0 saturated carbocycles. The number of rotatable bonds is 4. The van der Waals surface area contributed by atoms with Crippen LogP contribution in [0.5, 0.6) is 0 Å². The van der Waals surface area contributed by atoms with E-state index in [0.717, 1.165) is 57.9 Å². The van der Waals surface area contributed by atoms with Crippen molar-refractivity contribution in [3.63, 3.8) is 0 Å². The molecule has 1 atom stereocenters. The van der Waals surface area contributed by atoms with Crippen LogP contribution in [0.2, 0.25) is 0 Å². The first-order chi connectivity index (χ1) is 10.9. The third-order valence-corrected chi connectivity index (χ3v) is 3.68. The average Bonchev–Trinajstić information content (AvgIpc) is 2.52. The van der Waals surface area contributed by atoms with Gasteiger partial charge < -0.3 is 21.3 Å². The van der Waals surface area contributed by atoms with Gasteiger partial charge in [0.1, 0.15) is 0 Å². The van der Waals surface area contributed by atoms with Crippen molar-refractivity contribution < 1.29 is 10.2 Å². The van der Waals surface area contributed by atoms with Crippen LogP contribution in [0.25, 0.3) is 0 Å². The lowest BCUT2D eigenvalue weighted by atomic mass is 10.1. The molecular weight excluding hydrogens is 282 g/mol. The van der Waals surface area contributed by atoms with Crippen molar-refractivity contribution in [1.82, 2.24) is 21.3 Å². The number of anilines is 1. The monoisotopic (exact) mass is 309 g/mol. The molecule has 0 spiro atoms. The molecule has 1 heterocycles. The van der Waals surface area contributed by atoms with Gasteiger partial charge in [-0.05, 0) is 24.1 Å². The van der Waals surface area contributed by atoms with Crippen molar-refractivity contribution in [3.8, 4) is 0 Å². The van der Waals surface area contributed by atoms with Crippen LogP contribution in [-0.2, 0) is 11.4 Å². The zero-order valence-electron chi connectivity index (χ0n) is 12.9. The molecule has 6 N–H and O–H groups in total. The minimum atomic E-state index is 0.397. The lowest BCUT2D eigenvalue weighted by molar-refractivity contribution is -0.215. The fraction of sp³-hybridized carbons (Fsp3) is 0.600. The SMILES string of the molecule is OONc1ccc(CC2CNCCNCCNCCN2)cc1. The molecule has 22 heavy (non-hydrogen) atoms. The van der Waals surface area contributed by atoms with E-state index in [0.29, 0.717) is 6.04 Å². The highest BCUT2D eigenvalue weighted by molar-refractivity contribution is 5.42. The van der Waals surface area contributed by atoms with Crippen molar-refractivity contribution in [2.45, 2.75) is 12.5 Å². The fourth-order valence-corrected chi connectivity index (χ4v) is 2.51. The number of hydrogen-bond acceptors (Lipinski definition) is 7. The van der Waals surface area contributed by atoms with Crippen LogP contribution in [-0.4, -0.2) is 57.1 Å². The van der Waals surface area contributed by atoms with Crippen LogP contribution in [0.4, 0.5) is 5.69 Å². The van der Waals surface area contributed by atoms with Gasteiger partial charge in [-0.1, -0.05) is 12.1 Å². The quantitative estimate of drug-likeness (QED) is 0.339. The van der Waals surface area contributed by atoms with E-state index in [4.69, 9.17) is 5.26 Å². The summed E-state index contributed by atoms with van der Waals surface area (Å²) in [6.07, 6.45) is 0.959. The van der Waals surface area contributed by atoms with E-state index in [1.165, 1.54) is 5.56 Å². The summed E-state index contributed by atoms with van der Waals surface area (Å²) in [7, 11) is 0. The van der Waals surface area contributed by atoms with E-state index >= 15 is 0 Å². The number of hydrogen-bond donors (Lipinski definition) is 6. The molecule has 124 valence electrons. The molecule has 1 saturated heterocycles. The highest BCUT2D eigenvalue weighted by atomic mass is 17.2. The number of nitrogens with one attached hydrogen (secondary N) is 5. The second-order valence-corrected chi connectivity index (χ2v) is 5.45. The number of benzene rings is 1. The molecule has 1 aliphatic heterocycles. The van der Waals surface area contributed by atoms with Gasteiger partial charge in [-0.25, -0.2) is 10.7 Å². The standard InChI is InChI=1S/C15H27N5O2/c21-22-20-14-3-1-13(2-4-14)11-15-12-18-8-7-16-5-6-17-9-10-19-15/h1-4,15-21H,5-12H2. The first kappa shape index (κ1) is 17.1. The molecule has 0 radical (unpaired) electrons. The van der Waals surface area contributed by atoms with E-state index in [9.17, 15) is 0 Å². The van der Waals surface area contributed by atoms with Gasteiger partial charge in [-0.3, -0.25) is 0 Å². The van der Waals surface area contributed by atoms with E-state index in [-0.39, 0.29) is 0 Å². The lowest BCUT2D eigenvalue weighted by Crippen LogP contribution is -2.46. The fourth-order valence-electron chi connectivity index (χ4n) is 2.51. The third-order valence-electron chi connectivity index (χ3n) is 3.68. The summed E-state index contributed by atoms with van der Waals surface area (Å²) >= 11 is 0. The Kier molecular flexibility index (Phi) is 8.18. The molecular formula is C15H27N5O2. The molecule has 2 rings (SSSR count). The summed E-state index contributed by atoms with van der Waals surface area (Å²) in [6.45, 7) is 6.89. The molecule has 7 heteroatoms. The molecule has 1 aromatic rings. The highest BCUT2D eigenvalue weighted by Crippen LogP contribution is 2.11. The normalized spacial score (nSPS) is 21.6.